The molecule has 0 bridgehead atoms. The highest BCUT2D eigenvalue weighted by Crippen LogP contribution is 2.39. The van der Waals surface area contributed by atoms with Crippen molar-refractivity contribution in [3.05, 3.63) is 34.9 Å². The second kappa shape index (κ2) is 7.28. The summed E-state index contributed by atoms with van der Waals surface area (Å²) < 4.78 is 39.3. The van der Waals surface area contributed by atoms with Gasteiger partial charge in [0.05, 0.1) is 0 Å². The molecule has 0 heterocycles. The molecule has 1 aromatic rings. The molecule has 2 aliphatic rings. The summed E-state index contributed by atoms with van der Waals surface area (Å²) in [5, 5.41) is 0. The summed E-state index contributed by atoms with van der Waals surface area (Å²) in [4.78, 5) is 12.0. The minimum absolute atomic E-state index is 0.0857. The normalized spacial score (nSPS) is 21.0. The molecule has 0 aromatic heterocycles. The van der Waals surface area contributed by atoms with Gasteiger partial charge in [-0.25, -0.2) is 0 Å². The number of ketones is 1. The molecule has 0 radical (unpaired) electrons. The number of benzene rings is 1. The molecule has 0 aliphatic heterocycles. The minimum Gasteiger partial charge on any atom is -0.284 e. The molecule has 1 nitrogen and oxygen atoms in total. The van der Waals surface area contributed by atoms with E-state index in [1.807, 2.05) is 12.1 Å². The van der Waals surface area contributed by atoms with E-state index in [9.17, 15) is 18.0 Å². The summed E-state index contributed by atoms with van der Waals surface area (Å²) in [5.41, 5.74) is 1.45. The van der Waals surface area contributed by atoms with Crippen LogP contribution >= 0.6 is 0 Å². The maximum atomic E-state index is 13.1. The molecule has 3 rings (SSSR count). The van der Waals surface area contributed by atoms with Crippen molar-refractivity contribution in [1.29, 1.82) is 0 Å². The zero-order valence-electron chi connectivity index (χ0n) is 14.0. The van der Waals surface area contributed by atoms with Crippen LogP contribution in [0.25, 0.3) is 0 Å². The number of hydrogen-bond acceptors (Lipinski definition) is 1. The summed E-state index contributed by atoms with van der Waals surface area (Å²) in [5.74, 6) is -1.26. The van der Waals surface area contributed by atoms with Gasteiger partial charge in [0, 0.05) is 5.56 Å². The Morgan fingerprint density at radius 1 is 0.833 bits per heavy atom. The van der Waals surface area contributed by atoms with Crippen molar-refractivity contribution in [2.75, 3.05) is 0 Å². The zero-order valence-corrected chi connectivity index (χ0v) is 14.0. The smallest absolute Gasteiger partial charge is 0.284 e. The van der Waals surface area contributed by atoms with Gasteiger partial charge in [-0.15, -0.1) is 0 Å². The van der Waals surface area contributed by atoms with Crippen LogP contribution in [0, 0.1) is 0 Å². The molecule has 0 amide bonds. The van der Waals surface area contributed by atoms with Gasteiger partial charge in [0.1, 0.15) is 0 Å². The third-order valence-electron chi connectivity index (χ3n) is 5.70. The number of rotatable bonds is 3. The van der Waals surface area contributed by atoms with Crippen LogP contribution in [0.3, 0.4) is 0 Å². The summed E-state index contributed by atoms with van der Waals surface area (Å²) >= 11 is 0. The predicted octanol–water partition coefficient (Wildman–Crippen LogP) is 6.53. The van der Waals surface area contributed by atoms with Crippen LogP contribution in [0.2, 0.25) is 0 Å². The second-order valence-electron chi connectivity index (χ2n) is 7.34. The molecule has 0 atom stereocenters. The lowest BCUT2D eigenvalue weighted by atomic mass is 9.78. The minimum atomic E-state index is -4.80. The lowest BCUT2D eigenvalue weighted by Gasteiger charge is -2.27. The third-order valence-corrected chi connectivity index (χ3v) is 5.70. The molecule has 0 spiro atoms. The maximum Gasteiger partial charge on any atom is 0.454 e. The van der Waals surface area contributed by atoms with E-state index in [1.54, 1.807) is 6.07 Å². The van der Waals surface area contributed by atoms with Gasteiger partial charge in [-0.3, -0.25) is 4.79 Å². The highest BCUT2D eigenvalue weighted by Gasteiger charge is 2.41. The Hall–Kier alpha value is -1.32. The third kappa shape index (κ3) is 3.84. The van der Waals surface area contributed by atoms with Gasteiger partial charge in [-0.05, 0) is 54.7 Å². The second-order valence-corrected chi connectivity index (χ2v) is 7.34. The van der Waals surface area contributed by atoms with E-state index >= 15 is 0 Å². The van der Waals surface area contributed by atoms with Gasteiger partial charge in [-0.1, -0.05) is 50.7 Å². The first kappa shape index (κ1) is 17.5. The fourth-order valence-corrected chi connectivity index (χ4v) is 4.38. The highest BCUT2D eigenvalue weighted by molar-refractivity contribution is 6.01. The number of alkyl halides is 3. The number of halogens is 3. The van der Waals surface area contributed by atoms with E-state index in [0.717, 1.165) is 63.4 Å². The predicted molar refractivity (Wildman–Crippen MR) is 88.5 cm³/mol. The number of Topliss-reactive ketones (excluding diaryl/α,β-unsaturated/α-hetero) is 1. The van der Waals surface area contributed by atoms with Crippen LogP contribution in [0.5, 0.6) is 0 Å². The first-order valence-corrected chi connectivity index (χ1v) is 9.22. The molecule has 0 saturated heterocycles. The van der Waals surface area contributed by atoms with Crippen molar-refractivity contribution < 1.29 is 18.0 Å². The molecular formula is C20H25F3O. The van der Waals surface area contributed by atoms with Gasteiger partial charge < -0.3 is 0 Å². The quantitative estimate of drug-likeness (QED) is 0.573. The van der Waals surface area contributed by atoms with Gasteiger partial charge in [0.15, 0.2) is 0 Å². The molecule has 2 saturated carbocycles. The molecule has 2 fully saturated rings. The van der Waals surface area contributed by atoms with Crippen molar-refractivity contribution in [3.63, 3.8) is 0 Å². The largest absolute Gasteiger partial charge is 0.454 e. The van der Waals surface area contributed by atoms with Crippen molar-refractivity contribution in [3.8, 4) is 0 Å². The van der Waals surface area contributed by atoms with Crippen molar-refractivity contribution in [1.82, 2.24) is 0 Å². The first-order chi connectivity index (χ1) is 11.5. The van der Waals surface area contributed by atoms with Gasteiger partial charge in [-0.2, -0.15) is 13.2 Å². The molecule has 2 aliphatic carbocycles. The Morgan fingerprint density at radius 3 is 1.92 bits per heavy atom. The molecule has 0 unspecified atom stereocenters. The molecule has 0 N–H and O–H groups in total. The molecule has 132 valence electrons. The zero-order chi connectivity index (χ0) is 17.2. The van der Waals surface area contributed by atoms with E-state index < -0.39 is 12.0 Å². The maximum absolute atomic E-state index is 13.1. The Bertz CT molecular complexity index is 579. The van der Waals surface area contributed by atoms with Crippen molar-refractivity contribution >= 4 is 5.78 Å². The van der Waals surface area contributed by atoms with E-state index in [1.165, 1.54) is 6.42 Å². The van der Waals surface area contributed by atoms with E-state index in [0.29, 0.717) is 11.5 Å². The van der Waals surface area contributed by atoms with Crippen molar-refractivity contribution in [2.45, 2.75) is 82.2 Å². The van der Waals surface area contributed by atoms with Crippen LogP contribution in [0.1, 0.15) is 97.5 Å². The topological polar surface area (TPSA) is 17.1 Å². The summed E-state index contributed by atoms with van der Waals surface area (Å²) in [6.07, 6.45) is 5.67. The average molecular weight is 338 g/mol. The Labute approximate surface area is 141 Å². The van der Waals surface area contributed by atoms with Crippen LogP contribution in [0.4, 0.5) is 13.2 Å². The van der Waals surface area contributed by atoms with Crippen LogP contribution < -0.4 is 0 Å². The highest BCUT2D eigenvalue weighted by atomic mass is 19.4. The molecule has 24 heavy (non-hydrogen) atoms. The van der Waals surface area contributed by atoms with Gasteiger partial charge in [0.2, 0.25) is 0 Å². The fourth-order valence-electron chi connectivity index (χ4n) is 4.38. The molecule has 4 heteroatoms. The number of carbonyl (C=O) groups is 1. The van der Waals surface area contributed by atoms with Crippen molar-refractivity contribution in [2.24, 2.45) is 0 Å². The van der Waals surface area contributed by atoms with E-state index in [4.69, 9.17) is 0 Å². The Kier molecular flexibility index (Phi) is 5.31. The van der Waals surface area contributed by atoms with Gasteiger partial charge >= 0.3 is 6.18 Å². The Balaban J connectivity index is 1.96. The average Bonchev–Trinajstić information content (AvgIpc) is 2.61. The first-order valence-electron chi connectivity index (χ1n) is 9.22. The summed E-state index contributed by atoms with van der Waals surface area (Å²) in [6, 6.07) is 5.36. The van der Waals surface area contributed by atoms with Crippen LogP contribution in [0.15, 0.2) is 18.2 Å². The van der Waals surface area contributed by atoms with E-state index in [2.05, 4.69) is 0 Å². The molecular weight excluding hydrogens is 313 g/mol. The fraction of sp³-hybridized carbons (Fsp3) is 0.650. The van der Waals surface area contributed by atoms with Crippen LogP contribution in [-0.4, -0.2) is 12.0 Å². The molecule has 1 aromatic carbocycles. The van der Waals surface area contributed by atoms with E-state index in [-0.39, 0.29) is 11.5 Å². The lowest BCUT2D eigenvalue weighted by Crippen LogP contribution is -2.25. The van der Waals surface area contributed by atoms with Crippen LogP contribution in [-0.2, 0) is 0 Å². The Morgan fingerprint density at radius 2 is 1.38 bits per heavy atom. The SMILES string of the molecule is O=C(c1cc(C2CCCCC2)ccc1C1CCCCC1)C(F)(F)F. The monoisotopic (exact) mass is 338 g/mol. The summed E-state index contributed by atoms with van der Waals surface area (Å²) in [6.45, 7) is 0. The van der Waals surface area contributed by atoms with Gasteiger partial charge in [0.25, 0.3) is 5.78 Å². The summed E-state index contributed by atoms with van der Waals surface area (Å²) in [7, 11) is 0. The number of hydrogen-bond donors (Lipinski definition) is 0. The lowest BCUT2D eigenvalue weighted by molar-refractivity contribution is -0.0886. The standard InChI is InChI=1S/C20H25F3O/c21-20(22,23)19(24)18-13-16(14-7-3-1-4-8-14)11-12-17(18)15-9-5-2-6-10-15/h11-15H,1-10H2. The number of carbonyl (C=O) groups excluding carboxylic acids is 1.